The lowest BCUT2D eigenvalue weighted by Gasteiger charge is -2.16. The quantitative estimate of drug-likeness (QED) is 0.708. The molecule has 0 aliphatic heterocycles. The maximum absolute atomic E-state index is 5.76. The highest BCUT2D eigenvalue weighted by Crippen LogP contribution is 2.25. The number of rotatable bonds is 4. The monoisotopic (exact) mass is 341 g/mol. The maximum atomic E-state index is 5.76. The van der Waals surface area contributed by atoms with Crippen LogP contribution in [0.15, 0.2) is 43.0 Å². The Morgan fingerprint density at radius 3 is 2.79 bits per heavy atom. The first-order chi connectivity index (χ1) is 11.5. The van der Waals surface area contributed by atoms with Gasteiger partial charge in [0.1, 0.15) is 17.0 Å². The Morgan fingerprint density at radius 1 is 1.21 bits per heavy atom. The molecule has 2 aromatic heterocycles. The van der Waals surface area contributed by atoms with Gasteiger partial charge in [0.15, 0.2) is 5.11 Å². The molecule has 0 atom stereocenters. The minimum absolute atomic E-state index is 0.0664. The van der Waals surface area contributed by atoms with E-state index in [9.17, 15) is 0 Å². The molecule has 3 rings (SSSR count). The van der Waals surface area contributed by atoms with E-state index in [1.165, 1.54) is 0 Å². The predicted molar refractivity (Wildman–Crippen MR) is 101 cm³/mol. The number of ether oxygens (including phenoxy) is 1. The molecule has 124 valence electrons. The van der Waals surface area contributed by atoms with E-state index in [2.05, 4.69) is 20.6 Å². The van der Waals surface area contributed by atoms with Crippen LogP contribution in [0.4, 0.5) is 11.4 Å². The predicted octanol–water partition coefficient (Wildman–Crippen LogP) is 3.56. The highest BCUT2D eigenvalue weighted by molar-refractivity contribution is 7.80. The van der Waals surface area contributed by atoms with E-state index in [0.29, 0.717) is 10.9 Å². The van der Waals surface area contributed by atoms with Crippen molar-refractivity contribution in [1.29, 1.82) is 0 Å². The second-order valence-electron chi connectivity index (χ2n) is 5.65. The van der Waals surface area contributed by atoms with Gasteiger partial charge >= 0.3 is 0 Å². The number of thiocarbonyl (C=S) groups is 1. The van der Waals surface area contributed by atoms with Crippen LogP contribution in [0.2, 0.25) is 0 Å². The van der Waals surface area contributed by atoms with Gasteiger partial charge in [-0.15, -0.1) is 0 Å². The molecule has 0 bridgehead atoms. The largest absolute Gasteiger partial charge is 0.489 e. The van der Waals surface area contributed by atoms with Gasteiger partial charge in [-0.05, 0) is 38.2 Å². The van der Waals surface area contributed by atoms with Gasteiger partial charge in [0.05, 0.1) is 29.8 Å². The molecule has 0 unspecified atom stereocenters. The number of aryl methyl sites for hydroxylation is 1. The zero-order chi connectivity index (χ0) is 17.1. The lowest BCUT2D eigenvalue weighted by molar-refractivity contribution is 0.243. The number of benzene rings is 1. The van der Waals surface area contributed by atoms with Crippen molar-refractivity contribution < 1.29 is 4.74 Å². The molecule has 7 heteroatoms. The molecule has 6 nitrogen and oxygen atoms in total. The minimum Gasteiger partial charge on any atom is -0.489 e. The molecule has 3 aromatic rings. The van der Waals surface area contributed by atoms with E-state index < -0.39 is 0 Å². The number of imidazole rings is 1. The van der Waals surface area contributed by atoms with Crippen molar-refractivity contribution in [3.63, 3.8) is 0 Å². The van der Waals surface area contributed by atoms with Crippen LogP contribution in [0.5, 0.6) is 5.75 Å². The molecule has 0 saturated heterocycles. The normalized spacial score (nSPS) is 10.8. The summed E-state index contributed by atoms with van der Waals surface area (Å²) in [5.41, 5.74) is 3.47. The first-order valence-electron chi connectivity index (χ1n) is 7.63. The molecule has 2 heterocycles. The fourth-order valence-electron chi connectivity index (χ4n) is 2.37. The number of aromatic nitrogens is 3. The standard InChI is InChI=1S/C17H19N5OS/c1-11(2)23-15-7-8-18-9-13(15)21-17(24)20-12-5-4-6-14-16(12)19-10-22(14)3/h4-11H,1-3H3,(H2,20,21,24). The Labute approximate surface area is 145 Å². The van der Waals surface area contributed by atoms with Gasteiger partial charge in [-0.25, -0.2) is 4.98 Å². The van der Waals surface area contributed by atoms with Crippen LogP contribution in [0.25, 0.3) is 11.0 Å². The molecule has 1 aromatic carbocycles. The number of para-hydroxylation sites is 1. The fourth-order valence-corrected chi connectivity index (χ4v) is 2.59. The number of pyridine rings is 1. The van der Waals surface area contributed by atoms with Crippen molar-refractivity contribution in [2.45, 2.75) is 20.0 Å². The summed E-state index contributed by atoms with van der Waals surface area (Å²) in [4.78, 5) is 8.53. The third-order valence-electron chi connectivity index (χ3n) is 3.39. The average molecular weight is 341 g/mol. The molecule has 0 spiro atoms. The third kappa shape index (κ3) is 3.46. The van der Waals surface area contributed by atoms with Crippen molar-refractivity contribution >= 4 is 39.7 Å². The summed E-state index contributed by atoms with van der Waals surface area (Å²) >= 11 is 5.42. The van der Waals surface area contributed by atoms with E-state index >= 15 is 0 Å². The molecule has 0 fully saturated rings. The Hall–Kier alpha value is -2.67. The molecule has 2 N–H and O–H groups in total. The van der Waals surface area contributed by atoms with Crippen molar-refractivity contribution in [1.82, 2.24) is 14.5 Å². The SMILES string of the molecule is CC(C)Oc1ccncc1NC(=S)Nc1cccc2c1ncn2C. The van der Waals surface area contributed by atoms with E-state index in [4.69, 9.17) is 17.0 Å². The van der Waals surface area contributed by atoms with Gasteiger partial charge in [0, 0.05) is 19.3 Å². The summed E-state index contributed by atoms with van der Waals surface area (Å²) < 4.78 is 7.73. The number of fused-ring (bicyclic) bond motifs is 1. The van der Waals surface area contributed by atoms with Crippen LogP contribution < -0.4 is 15.4 Å². The number of nitrogens with one attached hydrogen (secondary N) is 2. The van der Waals surface area contributed by atoms with Gasteiger partial charge in [0.25, 0.3) is 0 Å². The van der Waals surface area contributed by atoms with Crippen LogP contribution in [0.1, 0.15) is 13.8 Å². The molecule has 0 aliphatic rings. The number of hydrogen-bond donors (Lipinski definition) is 2. The highest BCUT2D eigenvalue weighted by Gasteiger charge is 2.10. The summed E-state index contributed by atoms with van der Waals surface area (Å²) in [6.45, 7) is 3.95. The van der Waals surface area contributed by atoms with Gasteiger partial charge in [-0.1, -0.05) is 6.07 Å². The summed E-state index contributed by atoms with van der Waals surface area (Å²) in [5.74, 6) is 0.709. The van der Waals surface area contributed by atoms with Crippen molar-refractivity contribution in [3.8, 4) is 5.75 Å². The Kier molecular flexibility index (Phi) is 4.61. The molecule has 0 amide bonds. The van der Waals surface area contributed by atoms with Crippen LogP contribution in [-0.2, 0) is 7.05 Å². The van der Waals surface area contributed by atoms with Crippen molar-refractivity contribution in [2.24, 2.45) is 7.05 Å². The Morgan fingerprint density at radius 2 is 2.00 bits per heavy atom. The van der Waals surface area contributed by atoms with E-state index in [0.717, 1.165) is 22.4 Å². The molecular weight excluding hydrogens is 322 g/mol. The molecular formula is C17H19N5OS. The Bertz CT molecular complexity index is 874. The second-order valence-corrected chi connectivity index (χ2v) is 6.05. The maximum Gasteiger partial charge on any atom is 0.175 e. The van der Waals surface area contributed by atoms with Crippen LogP contribution in [-0.4, -0.2) is 25.8 Å². The third-order valence-corrected chi connectivity index (χ3v) is 3.60. The van der Waals surface area contributed by atoms with Crippen molar-refractivity contribution in [3.05, 3.63) is 43.0 Å². The van der Waals surface area contributed by atoms with Crippen LogP contribution in [0, 0.1) is 0 Å². The number of anilines is 2. The lowest BCUT2D eigenvalue weighted by Crippen LogP contribution is -2.20. The molecule has 0 aliphatic carbocycles. The van der Waals surface area contributed by atoms with E-state index in [1.54, 1.807) is 18.7 Å². The van der Waals surface area contributed by atoms with Gasteiger partial charge in [-0.3, -0.25) is 4.98 Å². The second kappa shape index (κ2) is 6.84. The Balaban J connectivity index is 1.79. The summed E-state index contributed by atoms with van der Waals surface area (Å²) in [6, 6.07) is 7.73. The van der Waals surface area contributed by atoms with Gasteiger partial charge in [0.2, 0.25) is 0 Å². The lowest BCUT2D eigenvalue weighted by atomic mass is 10.2. The molecule has 0 saturated carbocycles. The van der Waals surface area contributed by atoms with Crippen LogP contribution >= 0.6 is 12.2 Å². The van der Waals surface area contributed by atoms with Gasteiger partial charge in [-0.2, -0.15) is 0 Å². The van der Waals surface area contributed by atoms with Crippen LogP contribution in [0.3, 0.4) is 0 Å². The van der Waals surface area contributed by atoms with E-state index in [1.807, 2.05) is 49.7 Å². The summed E-state index contributed by atoms with van der Waals surface area (Å²) in [5, 5.41) is 6.78. The van der Waals surface area contributed by atoms with E-state index in [-0.39, 0.29) is 6.10 Å². The average Bonchev–Trinajstić information content (AvgIpc) is 2.91. The van der Waals surface area contributed by atoms with Crippen molar-refractivity contribution in [2.75, 3.05) is 10.6 Å². The fraction of sp³-hybridized carbons (Fsp3) is 0.235. The minimum atomic E-state index is 0.0664. The zero-order valence-electron chi connectivity index (χ0n) is 13.8. The summed E-state index contributed by atoms with van der Waals surface area (Å²) in [7, 11) is 1.96. The van der Waals surface area contributed by atoms with Gasteiger partial charge < -0.3 is 19.9 Å². The summed E-state index contributed by atoms with van der Waals surface area (Å²) in [6.07, 6.45) is 5.22. The number of hydrogen-bond acceptors (Lipinski definition) is 4. The molecule has 0 radical (unpaired) electrons. The first-order valence-corrected chi connectivity index (χ1v) is 8.04. The zero-order valence-corrected chi connectivity index (χ0v) is 14.6. The smallest absolute Gasteiger partial charge is 0.175 e. The number of nitrogens with zero attached hydrogens (tertiary/aromatic N) is 3. The first kappa shape index (κ1) is 16.2. The topological polar surface area (TPSA) is 64.0 Å². The highest BCUT2D eigenvalue weighted by atomic mass is 32.1. The molecule has 24 heavy (non-hydrogen) atoms.